The van der Waals surface area contributed by atoms with Gasteiger partial charge in [0.15, 0.2) is 0 Å². The van der Waals surface area contributed by atoms with Crippen LogP contribution in [0.25, 0.3) is 10.8 Å². The highest BCUT2D eigenvalue weighted by atomic mass is 16.5. The van der Waals surface area contributed by atoms with Gasteiger partial charge in [-0.1, -0.05) is 42.5 Å². The summed E-state index contributed by atoms with van der Waals surface area (Å²) in [6, 6.07) is 19.4. The molecule has 2 aromatic carbocycles. The van der Waals surface area contributed by atoms with Crippen molar-refractivity contribution in [3.8, 4) is 5.75 Å². The van der Waals surface area contributed by atoms with Crippen molar-refractivity contribution in [3.05, 3.63) is 72.6 Å². The third kappa shape index (κ3) is 2.63. The van der Waals surface area contributed by atoms with E-state index in [9.17, 15) is 5.11 Å². The minimum absolute atomic E-state index is 0.186. The number of rotatable bonds is 4. The second-order valence-electron chi connectivity index (χ2n) is 4.56. The lowest BCUT2D eigenvalue weighted by Gasteiger charge is -2.13. The fourth-order valence-electron chi connectivity index (χ4n) is 2.15. The fourth-order valence-corrected chi connectivity index (χ4v) is 2.15. The van der Waals surface area contributed by atoms with Gasteiger partial charge in [0, 0.05) is 11.6 Å². The molecule has 0 fully saturated rings. The molecular formula is C17H15NO2. The molecule has 0 unspecified atom stereocenters. The first kappa shape index (κ1) is 12.6. The number of pyridine rings is 1. The number of ether oxygens (including phenoxy) is 1. The van der Waals surface area contributed by atoms with Crippen LogP contribution in [0.5, 0.6) is 5.75 Å². The second kappa shape index (κ2) is 5.72. The molecule has 3 rings (SSSR count). The smallest absolute Gasteiger partial charge is 0.130 e. The molecule has 0 spiro atoms. The topological polar surface area (TPSA) is 42.4 Å². The van der Waals surface area contributed by atoms with E-state index < -0.39 is 6.10 Å². The molecule has 3 aromatic rings. The molecule has 1 N–H and O–H groups in total. The summed E-state index contributed by atoms with van der Waals surface area (Å²) in [6.07, 6.45) is 0.936. The van der Waals surface area contributed by atoms with Crippen LogP contribution in [0.1, 0.15) is 11.8 Å². The summed E-state index contributed by atoms with van der Waals surface area (Å²) in [6.45, 7) is 0.186. The SMILES string of the molecule is O[C@@H](COc1cccc2ccccc12)c1ccccn1. The molecule has 20 heavy (non-hydrogen) atoms. The highest BCUT2D eigenvalue weighted by Crippen LogP contribution is 2.26. The highest BCUT2D eigenvalue weighted by Gasteiger charge is 2.10. The van der Waals surface area contributed by atoms with Crippen LogP contribution < -0.4 is 4.74 Å². The zero-order chi connectivity index (χ0) is 13.8. The Morgan fingerprint density at radius 3 is 2.60 bits per heavy atom. The summed E-state index contributed by atoms with van der Waals surface area (Å²) < 4.78 is 5.75. The van der Waals surface area contributed by atoms with Gasteiger partial charge in [-0.05, 0) is 23.6 Å². The number of fused-ring (bicyclic) bond motifs is 1. The average molecular weight is 265 g/mol. The van der Waals surface area contributed by atoms with Crippen LogP contribution in [0.4, 0.5) is 0 Å². The van der Waals surface area contributed by atoms with E-state index in [1.165, 1.54) is 0 Å². The molecule has 0 aliphatic rings. The molecule has 0 aliphatic heterocycles. The van der Waals surface area contributed by atoms with E-state index in [2.05, 4.69) is 4.98 Å². The van der Waals surface area contributed by atoms with Gasteiger partial charge in [-0.25, -0.2) is 0 Å². The van der Waals surface area contributed by atoms with Crippen molar-refractivity contribution in [2.45, 2.75) is 6.10 Å². The quantitative estimate of drug-likeness (QED) is 0.786. The van der Waals surface area contributed by atoms with E-state index >= 15 is 0 Å². The van der Waals surface area contributed by atoms with Crippen LogP contribution in [-0.2, 0) is 0 Å². The van der Waals surface area contributed by atoms with Crippen LogP contribution in [0, 0.1) is 0 Å². The van der Waals surface area contributed by atoms with Crippen LogP contribution in [-0.4, -0.2) is 16.7 Å². The molecule has 1 heterocycles. The Labute approximate surface area is 117 Å². The molecule has 0 bridgehead atoms. The van der Waals surface area contributed by atoms with Gasteiger partial charge in [0.05, 0.1) is 5.69 Å². The summed E-state index contributed by atoms with van der Waals surface area (Å²) in [7, 11) is 0. The highest BCUT2D eigenvalue weighted by molar-refractivity contribution is 5.88. The molecule has 100 valence electrons. The normalized spacial score (nSPS) is 12.2. The van der Waals surface area contributed by atoms with Crippen molar-refractivity contribution in [2.75, 3.05) is 6.61 Å². The number of aromatic nitrogens is 1. The number of hydrogen-bond donors (Lipinski definition) is 1. The Morgan fingerprint density at radius 2 is 1.75 bits per heavy atom. The Morgan fingerprint density at radius 1 is 0.950 bits per heavy atom. The van der Waals surface area contributed by atoms with Crippen LogP contribution in [0.2, 0.25) is 0 Å². The molecule has 0 radical (unpaired) electrons. The van der Waals surface area contributed by atoms with Gasteiger partial charge in [0.2, 0.25) is 0 Å². The predicted octanol–water partition coefficient (Wildman–Crippen LogP) is 3.35. The van der Waals surface area contributed by atoms with Crippen LogP contribution in [0.15, 0.2) is 66.9 Å². The standard InChI is InChI=1S/C17H15NO2/c19-16(15-9-3-4-11-18-15)12-20-17-10-5-7-13-6-1-2-8-14(13)17/h1-11,16,19H,12H2/t16-/m0/s1. The van der Waals surface area contributed by atoms with E-state index in [0.717, 1.165) is 16.5 Å². The van der Waals surface area contributed by atoms with Crippen molar-refractivity contribution in [2.24, 2.45) is 0 Å². The summed E-state index contributed by atoms with van der Waals surface area (Å²) in [5.41, 5.74) is 0.618. The first-order valence-corrected chi connectivity index (χ1v) is 6.54. The fraction of sp³-hybridized carbons (Fsp3) is 0.118. The van der Waals surface area contributed by atoms with Crippen molar-refractivity contribution >= 4 is 10.8 Å². The minimum Gasteiger partial charge on any atom is -0.490 e. The summed E-state index contributed by atoms with van der Waals surface area (Å²) in [5.74, 6) is 0.776. The van der Waals surface area contributed by atoms with Crippen molar-refractivity contribution in [3.63, 3.8) is 0 Å². The number of hydrogen-bond acceptors (Lipinski definition) is 3. The first-order valence-electron chi connectivity index (χ1n) is 6.54. The lowest BCUT2D eigenvalue weighted by atomic mass is 10.1. The predicted molar refractivity (Wildman–Crippen MR) is 78.6 cm³/mol. The third-order valence-electron chi connectivity index (χ3n) is 3.18. The second-order valence-corrected chi connectivity index (χ2v) is 4.56. The van der Waals surface area contributed by atoms with Gasteiger partial charge < -0.3 is 9.84 Å². The first-order chi connectivity index (χ1) is 9.84. The Bertz CT molecular complexity index is 692. The average Bonchev–Trinajstić information content (AvgIpc) is 2.53. The Kier molecular flexibility index (Phi) is 3.61. The third-order valence-corrected chi connectivity index (χ3v) is 3.18. The number of aliphatic hydroxyl groups excluding tert-OH is 1. The monoisotopic (exact) mass is 265 g/mol. The van der Waals surface area contributed by atoms with E-state index in [1.54, 1.807) is 12.3 Å². The Hall–Kier alpha value is -2.39. The van der Waals surface area contributed by atoms with Gasteiger partial charge in [-0.15, -0.1) is 0 Å². The lowest BCUT2D eigenvalue weighted by molar-refractivity contribution is 0.105. The molecule has 3 nitrogen and oxygen atoms in total. The minimum atomic E-state index is -0.727. The van der Waals surface area contributed by atoms with Gasteiger partial charge >= 0.3 is 0 Å². The maximum atomic E-state index is 10.1. The lowest BCUT2D eigenvalue weighted by Crippen LogP contribution is -2.11. The van der Waals surface area contributed by atoms with Crippen molar-refractivity contribution < 1.29 is 9.84 Å². The molecule has 1 atom stereocenters. The largest absolute Gasteiger partial charge is 0.490 e. The molecule has 1 aromatic heterocycles. The molecule has 0 aliphatic carbocycles. The summed E-state index contributed by atoms with van der Waals surface area (Å²) >= 11 is 0. The van der Waals surface area contributed by atoms with E-state index in [4.69, 9.17) is 4.74 Å². The van der Waals surface area contributed by atoms with Gasteiger partial charge in [0.1, 0.15) is 18.5 Å². The molecule has 0 saturated carbocycles. The zero-order valence-electron chi connectivity index (χ0n) is 10.9. The summed E-state index contributed by atoms with van der Waals surface area (Å²) in [4.78, 5) is 4.12. The number of aliphatic hydroxyl groups is 1. The van der Waals surface area contributed by atoms with Crippen LogP contribution >= 0.6 is 0 Å². The zero-order valence-corrected chi connectivity index (χ0v) is 10.9. The van der Waals surface area contributed by atoms with Gasteiger partial charge in [-0.2, -0.15) is 0 Å². The van der Waals surface area contributed by atoms with Crippen LogP contribution in [0.3, 0.4) is 0 Å². The Balaban J connectivity index is 1.77. The molecule has 0 saturated heterocycles. The number of benzene rings is 2. The van der Waals surface area contributed by atoms with Crippen molar-refractivity contribution in [1.29, 1.82) is 0 Å². The van der Waals surface area contributed by atoms with Crippen molar-refractivity contribution in [1.82, 2.24) is 4.98 Å². The van der Waals surface area contributed by atoms with E-state index in [-0.39, 0.29) is 6.61 Å². The maximum absolute atomic E-state index is 10.1. The maximum Gasteiger partial charge on any atom is 0.130 e. The molecule has 3 heteroatoms. The number of nitrogens with zero attached hydrogens (tertiary/aromatic N) is 1. The van der Waals surface area contributed by atoms with Gasteiger partial charge in [0.25, 0.3) is 0 Å². The van der Waals surface area contributed by atoms with Gasteiger partial charge in [-0.3, -0.25) is 4.98 Å². The molecular weight excluding hydrogens is 250 g/mol. The van der Waals surface area contributed by atoms with E-state index in [1.807, 2.05) is 54.6 Å². The molecule has 0 amide bonds. The van der Waals surface area contributed by atoms with E-state index in [0.29, 0.717) is 5.69 Å². The summed E-state index contributed by atoms with van der Waals surface area (Å²) in [5, 5.41) is 12.2.